The van der Waals surface area contributed by atoms with Crippen LogP contribution >= 0.6 is 0 Å². The van der Waals surface area contributed by atoms with E-state index in [1.54, 1.807) is 0 Å². The molecule has 70 valence electrons. The molecule has 1 saturated carbocycles. The topological polar surface area (TPSA) is 16.6 Å². The van der Waals surface area contributed by atoms with Gasteiger partial charge in [-0.1, -0.05) is 19.3 Å². The van der Waals surface area contributed by atoms with Crippen LogP contribution in [0.2, 0.25) is 0 Å². The molecule has 1 unspecified atom stereocenters. The lowest BCUT2D eigenvalue weighted by Crippen LogP contribution is -2.92. The van der Waals surface area contributed by atoms with Crippen LogP contribution in [0.5, 0.6) is 0 Å². The van der Waals surface area contributed by atoms with Crippen molar-refractivity contribution in [3.63, 3.8) is 0 Å². The summed E-state index contributed by atoms with van der Waals surface area (Å²) in [6.07, 6.45) is 12.0. The van der Waals surface area contributed by atoms with E-state index in [4.69, 9.17) is 0 Å². The molecule has 2 N–H and O–H groups in total. The summed E-state index contributed by atoms with van der Waals surface area (Å²) >= 11 is 0. The third-order valence-corrected chi connectivity index (χ3v) is 3.72. The van der Waals surface area contributed by atoms with E-state index in [1.807, 2.05) is 0 Å². The molecule has 1 aliphatic heterocycles. The summed E-state index contributed by atoms with van der Waals surface area (Å²) in [7, 11) is 0. The highest BCUT2D eigenvalue weighted by Crippen LogP contribution is 2.27. The number of quaternary nitrogens is 1. The molecule has 0 aromatic rings. The fourth-order valence-electron chi connectivity index (χ4n) is 2.96. The molecule has 0 amide bonds. The number of rotatable bonds is 1. The first kappa shape index (κ1) is 8.55. The summed E-state index contributed by atoms with van der Waals surface area (Å²) in [4.78, 5) is 0. The highest BCUT2D eigenvalue weighted by Gasteiger charge is 2.27. The first-order valence-corrected chi connectivity index (χ1v) is 5.80. The summed E-state index contributed by atoms with van der Waals surface area (Å²) in [6.45, 7) is 1.40. The van der Waals surface area contributed by atoms with Gasteiger partial charge in [0.1, 0.15) is 0 Å². The van der Waals surface area contributed by atoms with Gasteiger partial charge < -0.3 is 5.32 Å². The predicted octanol–water partition coefficient (Wildman–Crippen LogP) is 1.68. The van der Waals surface area contributed by atoms with Gasteiger partial charge in [-0.25, -0.2) is 0 Å². The summed E-state index contributed by atoms with van der Waals surface area (Å²) in [5, 5.41) is 2.62. The summed E-state index contributed by atoms with van der Waals surface area (Å²) < 4.78 is 0. The molecule has 1 heteroatoms. The Morgan fingerprint density at radius 2 is 1.50 bits per heavy atom. The van der Waals surface area contributed by atoms with Crippen LogP contribution in [0.1, 0.15) is 51.4 Å². The van der Waals surface area contributed by atoms with Gasteiger partial charge in [0.05, 0.1) is 12.6 Å². The van der Waals surface area contributed by atoms with Crippen LogP contribution in [0, 0.1) is 5.92 Å². The van der Waals surface area contributed by atoms with Gasteiger partial charge in [0.15, 0.2) is 0 Å². The molecule has 1 heterocycles. The minimum Gasteiger partial charge on any atom is -0.344 e. The quantitative estimate of drug-likeness (QED) is 0.613. The van der Waals surface area contributed by atoms with E-state index in [2.05, 4.69) is 5.32 Å². The van der Waals surface area contributed by atoms with Crippen molar-refractivity contribution in [2.24, 2.45) is 5.92 Å². The number of piperidine rings is 1. The van der Waals surface area contributed by atoms with Crippen LogP contribution in [-0.4, -0.2) is 12.6 Å². The van der Waals surface area contributed by atoms with E-state index in [9.17, 15) is 0 Å². The molecule has 2 rings (SSSR count). The van der Waals surface area contributed by atoms with E-state index in [-0.39, 0.29) is 0 Å². The molecule has 0 aromatic heterocycles. The second-order valence-corrected chi connectivity index (χ2v) is 4.58. The maximum atomic E-state index is 2.62. The Hall–Kier alpha value is -0.0400. The average molecular weight is 168 g/mol. The third kappa shape index (κ3) is 2.01. The molecule has 2 aliphatic rings. The maximum Gasteiger partial charge on any atom is 0.0887 e. The smallest absolute Gasteiger partial charge is 0.0887 e. The SMILES string of the molecule is C1CCC(C2CCCC[NH2+]2)CC1. The van der Waals surface area contributed by atoms with E-state index in [0.717, 1.165) is 12.0 Å². The van der Waals surface area contributed by atoms with Crippen molar-refractivity contribution in [3.05, 3.63) is 0 Å². The van der Waals surface area contributed by atoms with Crippen molar-refractivity contribution in [1.82, 2.24) is 0 Å². The Balaban J connectivity index is 1.80. The average Bonchev–Trinajstić information content (AvgIpc) is 2.21. The summed E-state index contributed by atoms with van der Waals surface area (Å²) in [6, 6.07) is 1.01. The molecule has 1 nitrogen and oxygen atoms in total. The van der Waals surface area contributed by atoms with Crippen LogP contribution in [-0.2, 0) is 0 Å². The van der Waals surface area contributed by atoms with Gasteiger partial charge in [-0.2, -0.15) is 0 Å². The standard InChI is InChI=1S/C11H21N/c1-2-6-10(7-3-1)11-8-4-5-9-12-11/h10-12H,1-9H2/p+1. The zero-order chi connectivity index (χ0) is 8.23. The molecule has 12 heavy (non-hydrogen) atoms. The van der Waals surface area contributed by atoms with Gasteiger partial charge in [0.2, 0.25) is 0 Å². The Bertz CT molecular complexity index is 105. The predicted molar refractivity (Wildman–Crippen MR) is 51.0 cm³/mol. The maximum absolute atomic E-state index is 2.62. The van der Waals surface area contributed by atoms with Crippen LogP contribution in [0.3, 0.4) is 0 Å². The Morgan fingerprint density at radius 3 is 2.17 bits per heavy atom. The lowest BCUT2D eigenvalue weighted by atomic mass is 9.81. The second-order valence-electron chi connectivity index (χ2n) is 4.58. The van der Waals surface area contributed by atoms with E-state index < -0.39 is 0 Å². The fourth-order valence-corrected chi connectivity index (χ4v) is 2.96. The van der Waals surface area contributed by atoms with E-state index in [0.29, 0.717) is 0 Å². The Morgan fingerprint density at radius 1 is 0.750 bits per heavy atom. The van der Waals surface area contributed by atoms with Crippen LogP contribution in [0.15, 0.2) is 0 Å². The monoisotopic (exact) mass is 168 g/mol. The van der Waals surface area contributed by atoms with Gasteiger partial charge in [-0.3, -0.25) is 0 Å². The van der Waals surface area contributed by atoms with Gasteiger partial charge in [-0.05, 0) is 32.1 Å². The fraction of sp³-hybridized carbons (Fsp3) is 1.00. The van der Waals surface area contributed by atoms with Crippen LogP contribution in [0.25, 0.3) is 0 Å². The van der Waals surface area contributed by atoms with Gasteiger partial charge in [0.25, 0.3) is 0 Å². The Kier molecular flexibility index (Phi) is 3.04. The minimum absolute atomic E-state index is 1.01. The molecule has 1 saturated heterocycles. The molecular weight excluding hydrogens is 146 g/mol. The molecule has 1 atom stereocenters. The third-order valence-electron chi connectivity index (χ3n) is 3.72. The summed E-state index contributed by atoms with van der Waals surface area (Å²) in [5.41, 5.74) is 0. The highest BCUT2D eigenvalue weighted by atomic mass is 14.9. The molecular formula is C11H22N+. The summed E-state index contributed by atoms with van der Waals surface area (Å²) in [5.74, 6) is 1.08. The second kappa shape index (κ2) is 4.27. The number of hydrogen-bond acceptors (Lipinski definition) is 0. The van der Waals surface area contributed by atoms with Crippen LogP contribution in [0.4, 0.5) is 0 Å². The number of nitrogens with two attached hydrogens (primary N) is 1. The molecule has 0 radical (unpaired) electrons. The minimum atomic E-state index is 1.01. The zero-order valence-corrected chi connectivity index (χ0v) is 8.10. The van der Waals surface area contributed by atoms with Crippen LogP contribution < -0.4 is 5.32 Å². The van der Waals surface area contributed by atoms with Gasteiger partial charge >= 0.3 is 0 Å². The molecule has 0 aromatic carbocycles. The first-order valence-electron chi connectivity index (χ1n) is 5.80. The van der Waals surface area contributed by atoms with Crippen molar-refractivity contribution in [3.8, 4) is 0 Å². The number of hydrogen-bond donors (Lipinski definition) is 1. The molecule has 2 fully saturated rings. The van der Waals surface area contributed by atoms with Crippen molar-refractivity contribution >= 4 is 0 Å². The van der Waals surface area contributed by atoms with Gasteiger partial charge in [-0.15, -0.1) is 0 Å². The first-order chi connectivity index (χ1) is 5.97. The van der Waals surface area contributed by atoms with E-state index in [1.165, 1.54) is 57.9 Å². The van der Waals surface area contributed by atoms with Crippen molar-refractivity contribution in [2.75, 3.05) is 6.54 Å². The molecule has 0 bridgehead atoms. The lowest BCUT2D eigenvalue weighted by Gasteiger charge is -2.30. The zero-order valence-electron chi connectivity index (χ0n) is 8.10. The van der Waals surface area contributed by atoms with Crippen molar-refractivity contribution in [1.29, 1.82) is 0 Å². The van der Waals surface area contributed by atoms with E-state index >= 15 is 0 Å². The largest absolute Gasteiger partial charge is 0.344 e. The van der Waals surface area contributed by atoms with Gasteiger partial charge in [0, 0.05) is 5.92 Å². The Labute approximate surface area is 75.9 Å². The highest BCUT2D eigenvalue weighted by molar-refractivity contribution is 4.73. The van der Waals surface area contributed by atoms with Crippen molar-refractivity contribution < 1.29 is 5.32 Å². The lowest BCUT2D eigenvalue weighted by molar-refractivity contribution is -0.704. The molecule has 1 aliphatic carbocycles. The normalized spacial score (nSPS) is 33.5. The van der Waals surface area contributed by atoms with Crippen molar-refractivity contribution in [2.45, 2.75) is 57.4 Å². The molecule has 0 spiro atoms.